The molecular formula is C20H27N. The van der Waals surface area contributed by atoms with Gasteiger partial charge in [-0.15, -0.1) is 0 Å². The Morgan fingerprint density at radius 3 is 2.38 bits per heavy atom. The second-order valence-electron chi connectivity index (χ2n) is 5.79. The van der Waals surface area contributed by atoms with Crippen LogP contribution in [0.3, 0.4) is 0 Å². The predicted molar refractivity (Wildman–Crippen MR) is 91.9 cm³/mol. The van der Waals surface area contributed by atoms with Gasteiger partial charge in [0.15, 0.2) is 0 Å². The summed E-state index contributed by atoms with van der Waals surface area (Å²) in [4.78, 5) is 0. The molecule has 0 aromatic heterocycles. The molecule has 0 saturated heterocycles. The van der Waals surface area contributed by atoms with Crippen molar-refractivity contribution in [2.45, 2.75) is 46.6 Å². The van der Waals surface area contributed by atoms with E-state index in [0.29, 0.717) is 6.04 Å². The third-order valence-electron chi connectivity index (χ3n) is 4.27. The van der Waals surface area contributed by atoms with Crippen LogP contribution in [-0.2, 0) is 12.8 Å². The fourth-order valence-electron chi connectivity index (χ4n) is 2.90. The van der Waals surface area contributed by atoms with Gasteiger partial charge in [-0.25, -0.2) is 0 Å². The first-order chi connectivity index (χ1) is 10.2. The minimum atomic E-state index is 0.397. The third-order valence-corrected chi connectivity index (χ3v) is 4.27. The largest absolute Gasteiger partial charge is 0.310 e. The number of benzene rings is 2. The highest BCUT2D eigenvalue weighted by atomic mass is 14.9. The summed E-state index contributed by atoms with van der Waals surface area (Å²) in [6.45, 7) is 9.78. The van der Waals surface area contributed by atoms with E-state index in [9.17, 15) is 0 Å². The molecule has 2 aromatic carbocycles. The average molecular weight is 281 g/mol. The van der Waals surface area contributed by atoms with Gasteiger partial charge in [0.1, 0.15) is 0 Å². The van der Waals surface area contributed by atoms with Crippen LogP contribution in [0.5, 0.6) is 0 Å². The number of hydrogen-bond acceptors (Lipinski definition) is 1. The van der Waals surface area contributed by atoms with Crippen molar-refractivity contribution in [2.24, 2.45) is 0 Å². The van der Waals surface area contributed by atoms with Crippen LogP contribution in [-0.4, -0.2) is 6.54 Å². The molecule has 0 spiro atoms. The minimum Gasteiger partial charge on any atom is -0.310 e. The van der Waals surface area contributed by atoms with Crippen LogP contribution in [0.1, 0.15) is 47.7 Å². The van der Waals surface area contributed by atoms with E-state index < -0.39 is 0 Å². The monoisotopic (exact) mass is 281 g/mol. The molecule has 0 aliphatic heterocycles. The molecule has 0 bridgehead atoms. The van der Waals surface area contributed by atoms with E-state index in [2.05, 4.69) is 75.5 Å². The van der Waals surface area contributed by atoms with E-state index in [4.69, 9.17) is 0 Å². The van der Waals surface area contributed by atoms with Crippen molar-refractivity contribution in [2.75, 3.05) is 6.54 Å². The molecule has 0 aliphatic rings. The van der Waals surface area contributed by atoms with Crippen LogP contribution in [0.25, 0.3) is 0 Å². The fraction of sp³-hybridized carbons (Fsp3) is 0.400. The van der Waals surface area contributed by atoms with Gasteiger partial charge in [-0.2, -0.15) is 0 Å². The van der Waals surface area contributed by atoms with Crippen LogP contribution >= 0.6 is 0 Å². The Morgan fingerprint density at radius 1 is 0.952 bits per heavy atom. The maximum atomic E-state index is 3.66. The van der Waals surface area contributed by atoms with E-state index >= 15 is 0 Å². The van der Waals surface area contributed by atoms with Gasteiger partial charge in [-0.3, -0.25) is 0 Å². The summed E-state index contributed by atoms with van der Waals surface area (Å²) in [5.74, 6) is 0. The van der Waals surface area contributed by atoms with E-state index in [-0.39, 0.29) is 0 Å². The van der Waals surface area contributed by atoms with E-state index in [0.717, 1.165) is 19.4 Å². The lowest BCUT2D eigenvalue weighted by molar-refractivity contribution is 0.545. The Bertz CT molecular complexity index is 586. The standard InChI is InChI=1S/C20H27N/c1-5-18-9-7-8-10-19(18)20(21-6-2)14-17-12-11-15(3)16(4)13-17/h7-13,20-21H,5-6,14H2,1-4H3. The molecule has 2 rings (SSSR count). The zero-order valence-corrected chi connectivity index (χ0v) is 13.7. The first-order valence-corrected chi connectivity index (χ1v) is 8.03. The summed E-state index contributed by atoms with van der Waals surface area (Å²) in [6, 6.07) is 16.0. The van der Waals surface area contributed by atoms with Crippen LogP contribution in [0.2, 0.25) is 0 Å². The van der Waals surface area contributed by atoms with E-state index in [1.165, 1.54) is 27.8 Å². The molecule has 0 heterocycles. The fourth-order valence-corrected chi connectivity index (χ4v) is 2.90. The smallest absolute Gasteiger partial charge is 0.0363 e. The number of nitrogens with one attached hydrogen (secondary N) is 1. The highest BCUT2D eigenvalue weighted by Crippen LogP contribution is 2.23. The van der Waals surface area contributed by atoms with Gasteiger partial charge in [0, 0.05) is 6.04 Å². The number of aryl methyl sites for hydroxylation is 3. The molecule has 0 aliphatic carbocycles. The molecule has 0 saturated carbocycles. The van der Waals surface area contributed by atoms with Gasteiger partial charge in [-0.1, -0.05) is 56.3 Å². The maximum absolute atomic E-state index is 3.66. The summed E-state index contributed by atoms with van der Waals surface area (Å²) in [5, 5.41) is 3.66. The van der Waals surface area contributed by atoms with E-state index in [1.54, 1.807) is 0 Å². The van der Waals surface area contributed by atoms with Crippen LogP contribution in [0.4, 0.5) is 0 Å². The number of hydrogen-bond donors (Lipinski definition) is 1. The van der Waals surface area contributed by atoms with Crippen molar-refractivity contribution >= 4 is 0 Å². The maximum Gasteiger partial charge on any atom is 0.0363 e. The molecule has 0 radical (unpaired) electrons. The van der Waals surface area contributed by atoms with Crippen molar-refractivity contribution in [1.82, 2.24) is 5.32 Å². The lowest BCUT2D eigenvalue weighted by Crippen LogP contribution is -2.24. The average Bonchev–Trinajstić information content (AvgIpc) is 2.50. The van der Waals surface area contributed by atoms with E-state index in [1.807, 2.05) is 0 Å². The zero-order chi connectivity index (χ0) is 15.2. The SMILES string of the molecule is CCNC(Cc1ccc(C)c(C)c1)c1ccccc1CC. The summed E-state index contributed by atoms with van der Waals surface area (Å²) < 4.78 is 0. The third kappa shape index (κ3) is 3.95. The zero-order valence-electron chi connectivity index (χ0n) is 13.7. The number of likely N-dealkylation sites (N-methyl/N-ethyl adjacent to an activating group) is 1. The second-order valence-corrected chi connectivity index (χ2v) is 5.79. The molecule has 1 nitrogen and oxygen atoms in total. The van der Waals surface area contributed by atoms with Gasteiger partial charge in [0.2, 0.25) is 0 Å². The van der Waals surface area contributed by atoms with Crippen LogP contribution in [0.15, 0.2) is 42.5 Å². The Morgan fingerprint density at radius 2 is 1.71 bits per heavy atom. The first kappa shape index (κ1) is 15.8. The van der Waals surface area contributed by atoms with Gasteiger partial charge < -0.3 is 5.32 Å². The Kier molecular flexibility index (Phi) is 5.58. The molecule has 112 valence electrons. The van der Waals surface area contributed by atoms with Gasteiger partial charge in [-0.05, 0) is 61.1 Å². The van der Waals surface area contributed by atoms with Crippen LogP contribution in [0, 0.1) is 13.8 Å². The first-order valence-electron chi connectivity index (χ1n) is 8.03. The highest BCUT2D eigenvalue weighted by Gasteiger charge is 2.14. The lowest BCUT2D eigenvalue weighted by atomic mass is 9.92. The Hall–Kier alpha value is -1.60. The molecule has 1 heteroatoms. The Labute approximate surface area is 129 Å². The van der Waals surface area contributed by atoms with Crippen LogP contribution < -0.4 is 5.32 Å². The molecular weight excluding hydrogens is 254 g/mol. The normalized spacial score (nSPS) is 12.4. The van der Waals surface area contributed by atoms with Crippen molar-refractivity contribution < 1.29 is 0 Å². The predicted octanol–water partition coefficient (Wildman–Crippen LogP) is 4.76. The molecule has 1 N–H and O–H groups in total. The summed E-state index contributed by atoms with van der Waals surface area (Å²) >= 11 is 0. The summed E-state index contributed by atoms with van der Waals surface area (Å²) in [5.41, 5.74) is 7.06. The topological polar surface area (TPSA) is 12.0 Å². The second kappa shape index (κ2) is 7.42. The van der Waals surface area contributed by atoms with Crippen molar-refractivity contribution in [3.05, 3.63) is 70.3 Å². The Balaban J connectivity index is 2.28. The van der Waals surface area contributed by atoms with Gasteiger partial charge in [0.05, 0.1) is 0 Å². The van der Waals surface area contributed by atoms with Crippen molar-refractivity contribution in [3.8, 4) is 0 Å². The summed E-state index contributed by atoms with van der Waals surface area (Å²) in [7, 11) is 0. The van der Waals surface area contributed by atoms with Crippen molar-refractivity contribution in [3.63, 3.8) is 0 Å². The molecule has 0 fully saturated rings. The molecule has 2 aromatic rings. The van der Waals surface area contributed by atoms with Gasteiger partial charge in [0.25, 0.3) is 0 Å². The highest BCUT2D eigenvalue weighted by molar-refractivity contribution is 5.34. The quantitative estimate of drug-likeness (QED) is 0.805. The lowest BCUT2D eigenvalue weighted by Gasteiger charge is -2.21. The minimum absolute atomic E-state index is 0.397. The molecule has 0 amide bonds. The molecule has 1 atom stereocenters. The van der Waals surface area contributed by atoms with Gasteiger partial charge >= 0.3 is 0 Å². The van der Waals surface area contributed by atoms with Crippen molar-refractivity contribution in [1.29, 1.82) is 0 Å². The molecule has 21 heavy (non-hydrogen) atoms. The summed E-state index contributed by atoms with van der Waals surface area (Å²) in [6.07, 6.45) is 2.14. The number of rotatable bonds is 6. The molecule has 1 unspecified atom stereocenters.